The number of imide groups is 1. The molecule has 0 aromatic carbocycles. The first-order valence-electron chi connectivity index (χ1n) is 10.4. The van der Waals surface area contributed by atoms with Gasteiger partial charge in [0.15, 0.2) is 0 Å². The van der Waals surface area contributed by atoms with Crippen molar-refractivity contribution in [3.05, 3.63) is 57.6 Å². The molecule has 5 rings (SSSR count). The minimum atomic E-state index is -0.956. The summed E-state index contributed by atoms with van der Waals surface area (Å²) in [6, 6.07) is 5.06. The van der Waals surface area contributed by atoms with Crippen LogP contribution >= 0.6 is 22.9 Å². The summed E-state index contributed by atoms with van der Waals surface area (Å²) in [5, 5.41) is 7.36. The molecule has 1 atom stereocenters. The van der Waals surface area contributed by atoms with Crippen LogP contribution < -0.4 is 5.32 Å². The lowest BCUT2D eigenvalue weighted by Crippen LogP contribution is -2.54. The maximum atomic E-state index is 13.2. The van der Waals surface area contributed by atoms with Gasteiger partial charge in [0, 0.05) is 25.5 Å². The molecule has 3 aromatic heterocycles. The number of imidazole rings is 1. The molecule has 0 aliphatic carbocycles. The number of thiophene rings is 1. The number of carbonyl (C=O) groups is 3. The number of nitrogens with zero attached hydrogens (tertiary/aromatic N) is 4. The van der Waals surface area contributed by atoms with Crippen LogP contribution in [-0.4, -0.2) is 55.7 Å². The van der Waals surface area contributed by atoms with E-state index >= 15 is 0 Å². The molecule has 2 fully saturated rings. The molecular formula is C22H22ClN5O3S. The van der Waals surface area contributed by atoms with Gasteiger partial charge in [-0.25, -0.2) is 9.78 Å². The first-order valence-corrected chi connectivity index (χ1v) is 11.8. The average molecular weight is 472 g/mol. The summed E-state index contributed by atoms with van der Waals surface area (Å²) in [7, 11) is 0. The minimum Gasteiger partial charge on any atom is -0.337 e. The Morgan fingerprint density at radius 3 is 2.75 bits per heavy atom. The molecule has 0 saturated carbocycles. The second kappa shape index (κ2) is 7.90. The van der Waals surface area contributed by atoms with Crippen LogP contribution in [0.15, 0.2) is 41.4 Å². The van der Waals surface area contributed by atoms with Crippen LogP contribution in [0.1, 0.15) is 35.8 Å². The van der Waals surface area contributed by atoms with E-state index in [1.165, 1.54) is 16.2 Å². The van der Waals surface area contributed by atoms with Crippen LogP contribution in [0.25, 0.3) is 5.65 Å². The van der Waals surface area contributed by atoms with Crippen molar-refractivity contribution >= 4 is 46.4 Å². The van der Waals surface area contributed by atoms with Crippen LogP contribution in [0.2, 0.25) is 5.02 Å². The number of nitrogens with one attached hydrogen (secondary N) is 1. The van der Waals surface area contributed by atoms with Gasteiger partial charge in [-0.2, -0.15) is 11.3 Å². The molecule has 10 heteroatoms. The fourth-order valence-electron chi connectivity index (χ4n) is 4.59. The van der Waals surface area contributed by atoms with E-state index in [0.29, 0.717) is 42.3 Å². The average Bonchev–Trinajstić information content (AvgIpc) is 3.49. The van der Waals surface area contributed by atoms with Crippen LogP contribution in [0.3, 0.4) is 0 Å². The Hall–Kier alpha value is -2.91. The normalized spacial score (nSPS) is 22.1. The van der Waals surface area contributed by atoms with Gasteiger partial charge in [-0.05, 0) is 60.2 Å². The molecule has 5 heterocycles. The smallest absolute Gasteiger partial charge is 0.325 e. The van der Waals surface area contributed by atoms with E-state index in [0.717, 1.165) is 5.56 Å². The Labute approximate surface area is 193 Å². The van der Waals surface area contributed by atoms with Crippen molar-refractivity contribution in [3.8, 4) is 0 Å². The van der Waals surface area contributed by atoms with Gasteiger partial charge in [0.1, 0.15) is 16.9 Å². The van der Waals surface area contributed by atoms with E-state index in [9.17, 15) is 14.4 Å². The monoisotopic (exact) mass is 471 g/mol. The molecule has 1 N–H and O–H groups in total. The summed E-state index contributed by atoms with van der Waals surface area (Å²) < 4.78 is 1.73. The Bertz CT molecular complexity index is 1200. The van der Waals surface area contributed by atoms with Crippen LogP contribution in [0.5, 0.6) is 0 Å². The zero-order valence-electron chi connectivity index (χ0n) is 17.5. The van der Waals surface area contributed by atoms with Gasteiger partial charge in [0.2, 0.25) is 0 Å². The Morgan fingerprint density at radius 2 is 2.03 bits per heavy atom. The van der Waals surface area contributed by atoms with Crippen molar-refractivity contribution in [2.75, 3.05) is 13.1 Å². The van der Waals surface area contributed by atoms with E-state index in [4.69, 9.17) is 11.6 Å². The summed E-state index contributed by atoms with van der Waals surface area (Å²) in [5.41, 5.74) is 1.01. The molecular weight excluding hydrogens is 450 g/mol. The third-order valence-electron chi connectivity index (χ3n) is 6.45. The highest BCUT2D eigenvalue weighted by molar-refractivity contribution is 7.07. The van der Waals surface area contributed by atoms with Crippen molar-refractivity contribution in [3.63, 3.8) is 0 Å². The van der Waals surface area contributed by atoms with Crippen LogP contribution in [-0.2, 0) is 11.3 Å². The predicted octanol–water partition coefficient (Wildman–Crippen LogP) is 3.41. The molecule has 2 saturated heterocycles. The Balaban J connectivity index is 1.26. The lowest BCUT2D eigenvalue weighted by atomic mass is 9.79. The number of likely N-dealkylation sites (tertiary alicyclic amines) is 1. The van der Waals surface area contributed by atoms with Gasteiger partial charge < -0.3 is 14.6 Å². The topological polar surface area (TPSA) is 87.0 Å². The largest absolute Gasteiger partial charge is 0.337 e. The highest BCUT2D eigenvalue weighted by Crippen LogP contribution is 2.34. The maximum Gasteiger partial charge on any atom is 0.325 e. The van der Waals surface area contributed by atoms with Crippen molar-refractivity contribution in [1.29, 1.82) is 0 Å². The molecule has 0 unspecified atom stereocenters. The first-order chi connectivity index (χ1) is 15.3. The van der Waals surface area contributed by atoms with E-state index in [2.05, 4.69) is 10.3 Å². The minimum absolute atomic E-state index is 0.0460. The molecule has 4 amide bonds. The molecule has 0 radical (unpaired) electrons. The lowest BCUT2D eigenvalue weighted by Gasteiger charge is -2.38. The van der Waals surface area contributed by atoms with Gasteiger partial charge in [0.05, 0.1) is 11.6 Å². The number of carbonyl (C=O) groups excluding carboxylic acids is 3. The molecule has 0 spiro atoms. The second-order valence-electron chi connectivity index (χ2n) is 8.46. The molecule has 2 aliphatic heterocycles. The van der Waals surface area contributed by atoms with E-state index < -0.39 is 5.54 Å². The second-order valence-corrected chi connectivity index (χ2v) is 9.68. The lowest BCUT2D eigenvalue weighted by molar-refractivity contribution is -0.133. The van der Waals surface area contributed by atoms with Crippen LogP contribution in [0.4, 0.5) is 4.79 Å². The molecule has 0 bridgehead atoms. The fourth-order valence-corrected chi connectivity index (χ4v) is 5.42. The Kier molecular flexibility index (Phi) is 5.17. The molecule has 2 aliphatic rings. The number of urea groups is 1. The number of aromatic nitrogens is 2. The quantitative estimate of drug-likeness (QED) is 0.591. The SMILES string of the molecule is C[C@@]1(C2CCN(C(=O)c3cn4cc(Cl)ccc4n3)CC2)NC(=O)N(Cc2ccsc2)C1=O. The number of halogens is 1. The fraction of sp³-hybridized carbons (Fsp3) is 0.364. The number of fused-ring (bicyclic) bond motifs is 1. The van der Waals surface area contributed by atoms with E-state index in [-0.39, 0.29) is 30.3 Å². The number of pyridine rings is 1. The summed E-state index contributed by atoms with van der Waals surface area (Å²) in [6.07, 6.45) is 4.64. The van der Waals surface area contributed by atoms with Gasteiger partial charge in [0.25, 0.3) is 11.8 Å². The summed E-state index contributed by atoms with van der Waals surface area (Å²) in [5.74, 6) is -0.389. The van der Waals surface area contributed by atoms with Gasteiger partial charge in [-0.1, -0.05) is 11.6 Å². The van der Waals surface area contributed by atoms with Crippen molar-refractivity contribution in [2.24, 2.45) is 5.92 Å². The van der Waals surface area contributed by atoms with Crippen molar-refractivity contribution < 1.29 is 14.4 Å². The number of amides is 4. The summed E-state index contributed by atoms with van der Waals surface area (Å²) >= 11 is 7.55. The zero-order valence-corrected chi connectivity index (χ0v) is 19.0. The third-order valence-corrected chi connectivity index (χ3v) is 7.41. The Morgan fingerprint density at radius 1 is 1.25 bits per heavy atom. The number of hydrogen-bond donors (Lipinski definition) is 1. The van der Waals surface area contributed by atoms with E-state index in [1.807, 2.05) is 16.8 Å². The molecule has 8 nitrogen and oxygen atoms in total. The van der Waals surface area contributed by atoms with Gasteiger partial charge in [-0.3, -0.25) is 14.5 Å². The zero-order chi connectivity index (χ0) is 22.5. The predicted molar refractivity (Wildman–Crippen MR) is 121 cm³/mol. The number of piperidine rings is 1. The molecule has 32 heavy (non-hydrogen) atoms. The van der Waals surface area contributed by atoms with Crippen molar-refractivity contribution in [1.82, 2.24) is 24.5 Å². The van der Waals surface area contributed by atoms with Gasteiger partial charge in [-0.15, -0.1) is 0 Å². The summed E-state index contributed by atoms with van der Waals surface area (Å²) in [6.45, 7) is 3.08. The third kappa shape index (κ3) is 3.55. The standard InChI is InChI=1S/C22H22ClN5O3S/c1-22(20(30)28(21(31)25-22)10-14-6-9-32-13-14)15-4-7-26(8-5-15)19(29)17-12-27-11-16(23)2-3-18(27)24-17/h2-3,6,9,11-13,15H,4-5,7-8,10H2,1H3,(H,25,31)/t22-/m0/s1. The van der Waals surface area contributed by atoms with Crippen LogP contribution in [0, 0.1) is 5.92 Å². The molecule has 3 aromatic rings. The highest BCUT2D eigenvalue weighted by Gasteiger charge is 2.52. The highest BCUT2D eigenvalue weighted by atomic mass is 35.5. The number of rotatable bonds is 4. The number of hydrogen-bond acceptors (Lipinski definition) is 5. The van der Waals surface area contributed by atoms with E-state index in [1.54, 1.807) is 40.8 Å². The summed E-state index contributed by atoms with van der Waals surface area (Å²) in [4.78, 5) is 46.2. The maximum absolute atomic E-state index is 13.2. The molecule has 166 valence electrons. The van der Waals surface area contributed by atoms with Gasteiger partial charge >= 0.3 is 6.03 Å². The first kappa shape index (κ1) is 21.0. The van der Waals surface area contributed by atoms with Crippen molar-refractivity contribution in [2.45, 2.75) is 31.8 Å².